The van der Waals surface area contributed by atoms with Crippen LogP contribution in [0.25, 0.3) is 32.9 Å². The number of aromatic nitrogens is 4. The second kappa shape index (κ2) is 6.35. The van der Waals surface area contributed by atoms with E-state index in [-0.39, 0.29) is 5.95 Å². The minimum absolute atomic E-state index is 0.219. The van der Waals surface area contributed by atoms with E-state index in [4.69, 9.17) is 5.73 Å². The lowest BCUT2D eigenvalue weighted by atomic mass is 9.97. The van der Waals surface area contributed by atoms with Crippen LogP contribution in [-0.4, -0.2) is 20.2 Å². The number of nitrogen functional groups attached to an aromatic ring is 1. The van der Waals surface area contributed by atoms with Crippen LogP contribution in [0.5, 0.6) is 0 Å². The highest BCUT2D eigenvalue weighted by atomic mass is 15.2. The minimum Gasteiger partial charge on any atom is -0.368 e. The number of nitrogens with one attached hydrogen (secondary N) is 2. The van der Waals surface area contributed by atoms with Crippen molar-refractivity contribution in [3.63, 3.8) is 0 Å². The van der Waals surface area contributed by atoms with Gasteiger partial charge in [-0.25, -0.2) is 4.98 Å². The maximum absolute atomic E-state index is 5.99. The molecule has 5 rings (SSSR count). The van der Waals surface area contributed by atoms with Crippen LogP contribution < -0.4 is 11.1 Å². The van der Waals surface area contributed by atoms with Crippen molar-refractivity contribution in [3.8, 4) is 11.1 Å². The Balaban J connectivity index is 1.75. The molecule has 136 valence electrons. The predicted molar refractivity (Wildman–Crippen MR) is 113 cm³/mol. The van der Waals surface area contributed by atoms with Gasteiger partial charge in [-0.15, -0.1) is 0 Å². The third-order valence-electron chi connectivity index (χ3n) is 4.88. The lowest BCUT2D eigenvalue weighted by Gasteiger charge is -2.13. The Labute approximate surface area is 161 Å². The second-order valence-electron chi connectivity index (χ2n) is 6.69. The van der Waals surface area contributed by atoms with Gasteiger partial charge in [-0.1, -0.05) is 48.5 Å². The molecule has 6 heteroatoms. The van der Waals surface area contributed by atoms with E-state index < -0.39 is 0 Å². The van der Waals surface area contributed by atoms with Gasteiger partial charge < -0.3 is 11.1 Å². The monoisotopic (exact) mass is 366 g/mol. The second-order valence-corrected chi connectivity index (χ2v) is 6.69. The topological polar surface area (TPSA) is 92.5 Å². The summed E-state index contributed by atoms with van der Waals surface area (Å²) in [6.07, 6.45) is 0. The molecule has 0 unspecified atom stereocenters. The van der Waals surface area contributed by atoms with E-state index in [1.165, 1.54) is 5.56 Å². The molecule has 0 bridgehead atoms. The van der Waals surface area contributed by atoms with E-state index in [2.05, 4.69) is 50.6 Å². The molecule has 6 nitrogen and oxygen atoms in total. The molecule has 4 N–H and O–H groups in total. The fourth-order valence-electron chi connectivity index (χ4n) is 3.56. The van der Waals surface area contributed by atoms with Crippen molar-refractivity contribution in [2.24, 2.45) is 0 Å². The molecule has 0 fully saturated rings. The molecule has 2 aromatic heterocycles. The molecule has 5 aromatic rings. The summed E-state index contributed by atoms with van der Waals surface area (Å²) in [5.41, 5.74) is 11.1. The summed E-state index contributed by atoms with van der Waals surface area (Å²) in [5.74, 6) is 1.56. The lowest BCUT2D eigenvalue weighted by molar-refractivity contribution is 1.11. The maximum Gasteiger partial charge on any atom is 0.222 e. The van der Waals surface area contributed by atoms with Gasteiger partial charge in [0.25, 0.3) is 0 Å². The molecule has 0 radical (unpaired) electrons. The average Bonchev–Trinajstić information content (AvgIpc) is 3.11. The Morgan fingerprint density at radius 1 is 0.821 bits per heavy atom. The van der Waals surface area contributed by atoms with Crippen LogP contribution in [0.2, 0.25) is 0 Å². The number of fused-ring (bicyclic) bond motifs is 2. The first-order chi connectivity index (χ1) is 13.7. The van der Waals surface area contributed by atoms with Gasteiger partial charge in [-0.2, -0.15) is 10.1 Å². The number of aryl methyl sites for hydroxylation is 1. The fraction of sp³-hybridized carbons (Fsp3) is 0.0455. The fourth-order valence-corrected chi connectivity index (χ4v) is 3.56. The summed E-state index contributed by atoms with van der Waals surface area (Å²) < 4.78 is 0. The first-order valence-electron chi connectivity index (χ1n) is 9.03. The predicted octanol–water partition coefficient (Wildman–Crippen LogP) is 4.81. The SMILES string of the molecule is Cc1ccccc1-c1cccc2nc(N)nc(Nc3n[nH]c4ccccc34)c12. The van der Waals surface area contributed by atoms with Gasteiger partial charge in [0, 0.05) is 5.39 Å². The van der Waals surface area contributed by atoms with Crippen molar-refractivity contribution in [2.75, 3.05) is 11.1 Å². The van der Waals surface area contributed by atoms with E-state index in [0.717, 1.165) is 32.9 Å². The minimum atomic E-state index is 0.219. The van der Waals surface area contributed by atoms with Crippen molar-refractivity contribution in [2.45, 2.75) is 6.92 Å². The maximum atomic E-state index is 5.99. The van der Waals surface area contributed by atoms with Crippen molar-refractivity contribution in [1.29, 1.82) is 0 Å². The molecule has 0 aliphatic carbocycles. The van der Waals surface area contributed by atoms with Crippen LogP contribution in [0, 0.1) is 6.92 Å². The molecular formula is C22H18N6. The van der Waals surface area contributed by atoms with E-state index in [1.807, 2.05) is 48.5 Å². The third-order valence-corrected chi connectivity index (χ3v) is 4.88. The number of H-pyrrole nitrogens is 1. The van der Waals surface area contributed by atoms with Gasteiger partial charge in [0.1, 0.15) is 5.82 Å². The Hall–Kier alpha value is -3.93. The summed E-state index contributed by atoms with van der Waals surface area (Å²) >= 11 is 0. The molecule has 0 aliphatic rings. The summed E-state index contributed by atoms with van der Waals surface area (Å²) in [6, 6.07) is 22.2. The number of anilines is 3. The van der Waals surface area contributed by atoms with Gasteiger partial charge in [0.05, 0.1) is 16.4 Å². The molecule has 2 heterocycles. The molecule has 0 aliphatic heterocycles. The number of nitrogens with two attached hydrogens (primary N) is 1. The van der Waals surface area contributed by atoms with Crippen LogP contribution in [0.15, 0.2) is 66.7 Å². The summed E-state index contributed by atoms with van der Waals surface area (Å²) in [4.78, 5) is 8.94. The zero-order valence-corrected chi connectivity index (χ0v) is 15.3. The standard InChI is InChI=1S/C22H18N6/c1-13-7-2-3-8-14(13)15-10-6-12-18-19(15)21(26-22(23)24-18)25-20-16-9-4-5-11-17(16)27-28-20/h2-12H,1H3,(H4,23,24,25,26,27,28). The van der Waals surface area contributed by atoms with Gasteiger partial charge in [0.2, 0.25) is 5.95 Å². The van der Waals surface area contributed by atoms with Crippen LogP contribution in [0.4, 0.5) is 17.6 Å². The van der Waals surface area contributed by atoms with Crippen molar-refractivity contribution in [3.05, 3.63) is 72.3 Å². The number of aromatic amines is 1. The Morgan fingerprint density at radius 3 is 2.50 bits per heavy atom. The Kier molecular flexibility index (Phi) is 3.69. The summed E-state index contributed by atoms with van der Waals surface area (Å²) in [7, 11) is 0. The van der Waals surface area contributed by atoms with Crippen LogP contribution in [0.1, 0.15) is 5.56 Å². The first-order valence-corrected chi connectivity index (χ1v) is 9.03. The summed E-state index contributed by atoms with van der Waals surface area (Å²) in [6.45, 7) is 2.10. The van der Waals surface area contributed by atoms with E-state index >= 15 is 0 Å². The van der Waals surface area contributed by atoms with Gasteiger partial charge >= 0.3 is 0 Å². The van der Waals surface area contributed by atoms with E-state index in [9.17, 15) is 0 Å². The third kappa shape index (κ3) is 2.63. The number of hydrogen-bond donors (Lipinski definition) is 3. The normalized spacial score (nSPS) is 11.2. The van der Waals surface area contributed by atoms with Crippen molar-refractivity contribution >= 4 is 39.4 Å². The highest BCUT2D eigenvalue weighted by Crippen LogP contribution is 2.36. The highest BCUT2D eigenvalue weighted by Gasteiger charge is 2.15. The number of para-hydroxylation sites is 1. The molecule has 28 heavy (non-hydrogen) atoms. The molecule has 0 atom stereocenters. The van der Waals surface area contributed by atoms with Crippen LogP contribution in [0.3, 0.4) is 0 Å². The average molecular weight is 366 g/mol. The molecule has 0 saturated carbocycles. The number of nitrogens with zero attached hydrogens (tertiary/aromatic N) is 3. The first kappa shape index (κ1) is 16.3. The molecule has 0 amide bonds. The van der Waals surface area contributed by atoms with Gasteiger partial charge in [-0.05, 0) is 41.8 Å². The molecular weight excluding hydrogens is 348 g/mol. The summed E-state index contributed by atoms with van der Waals surface area (Å²) in [5, 5.41) is 12.7. The Bertz CT molecular complexity index is 1320. The Morgan fingerprint density at radius 2 is 1.61 bits per heavy atom. The highest BCUT2D eigenvalue weighted by molar-refractivity contribution is 6.04. The quantitative estimate of drug-likeness (QED) is 0.426. The zero-order chi connectivity index (χ0) is 19.1. The smallest absolute Gasteiger partial charge is 0.222 e. The molecule has 3 aromatic carbocycles. The van der Waals surface area contributed by atoms with Gasteiger partial charge in [-0.3, -0.25) is 5.10 Å². The van der Waals surface area contributed by atoms with Crippen LogP contribution >= 0.6 is 0 Å². The van der Waals surface area contributed by atoms with Gasteiger partial charge in [0.15, 0.2) is 5.82 Å². The van der Waals surface area contributed by atoms with Crippen molar-refractivity contribution < 1.29 is 0 Å². The van der Waals surface area contributed by atoms with Crippen LogP contribution in [-0.2, 0) is 0 Å². The lowest BCUT2D eigenvalue weighted by Crippen LogP contribution is -2.03. The van der Waals surface area contributed by atoms with E-state index in [1.54, 1.807) is 0 Å². The number of benzene rings is 3. The van der Waals surface area contributed by atoms with Crippen molar-refractivity contribution in [1.82, 2.24) is 20.2 Å². The zero-order valence-electron chi connectivity index (χ0n) is 15.3. The number of hydrogen-bond acceptors (Lipinski definition) is 5. The number of rotatable bonds is 3. The molecule has 0 spiro atoms. The largest absolute Gasteiger partial charge is 0.368 e. The molecule has 0 saturated heterocycles. The van der Waals surface area contributed by atoms with E-state index in [0.29, 0.717) is 11.6 Å².